The number of carboxylic acid groups (broad SMARTS) is 1. The van der Waals surface area contributed by atoms with Gasteiger partial charge in [0.2, 0.25) is 11.8 Å². The quantitative estimate of drug-likeness (QED) is 0.0297. The van der Waals surface area contributed by atoms with E-state index in [1.165, 1.54) is 154 Å². The molecule has 0 heterocycles. The minimum Gasteiger partial charge on any atom is -0.481 e. The zero-order valence-corrected chi connectivity index (χ0v) is 62.6. The van der Waals surface area contributed by atoms with Crippen molar-refractivity contribution in [2.24, 2.45) is 5.92 Å². The van der Waals surface area contributed by atoms with Crippen LogP contribution in [0.4, 0.5) is 0 Å². The third-order valence-electron chi connectivity index (χ3n) is 18.7. The highest BCUT2D eigenvalue weighted by Gasteiger charge is 2.23. The molecule has 3 N–H and O–H groups in total. The molecule has 15 heteroatoms. The number of carbonyl (C=O) groups excluding carboxylic acids is 5. The van der Waals surface area contributed by atoms with Crippen LogP contribution in [0.15, 0.2) is 0 Å². The summed E-state index contributed by atoms with van der Waals surface area (Å²) in [5.74, 6) is -1.66. The Labute approximate surface area is 579 Å². The van der Waals surface area contributed by atoms with Crippen molar-refractivity contribution >= 4 is 35.7 Å². The highest BCUT2D eigenvalue weighted by Crippen LogP contribution is 2.20. The largest absolute Gasteiger partial charge is 0.481 e. The molecular weight excluding hydrogens is 1180 g/mol. The molecular formula is C79H153N5O10. The molecule has 1 unspecified atom stereocenters. The Morgan fingerprint density at radius 1 is 0.340 bits per heavy atom. The standard InChI is InChI=1S/C79H153N5O10/c1-7-11-15-19-23-25-27-37-51-69-92-76(88)56-45-39-49-64-83(62-47-35-29-33-43-55-75(86)87)67-60-80-74(85)71-72(59-66-82(5)6)79(91)81-61-68-84(65-50-40-46-57-77(89)93-70-52-38-28-26-24-20-16-12-8-2)63-48-36-30-34-44-58-78(90)94-73(53-41-31-21-17-13-9-3)54-42-32-22-18-14-10-4/h72-73H,7-71H2,1-6H3,(H,80,85)(H,81,91)(H,86,87). The van der Waals surface area contributed by atoms with Crippen LogP contribution in [0.3, 0.4) is 0 Å². The smallest absolute Gasteiger partial charge is 0.306 e. The summed E-state index contributed by atoms with van der Waals surface area (Å²) in [7, 11) is 3.98. The Balaban J connectivity index is 5.44. The minimum atomic E-state index is -0.747. The number of hydrogen-bond donors (Lipinski definition) is 3. The van der Waals surface area contributed by atoms with Gasteiger partial charge < -0.3 is 44.7 Å². The predicted molar refractivity (Wildman–Crippen MR) is 392 cm³/mol. The van der Waals surface area contributed by atoms with E-state index in [2.05, 4.69) is 53.0 Å². The van der Waals surface area contributed by atoms with Crippen LogP contribution in [0.1, 0.15) is 374 Å². The van der Waals surface area contributed by atoms with Crippen LogP contribution in [-0.2, 0) is 43.0 Å². The lowest BCUT2D eigenvalue weighted by Gasteiger charge is -2.24. The summed E-state index contributed by atoms with van der Waals surface area (Å²) in [6.45, 7) is 16.6. The van der Waals surface area contributed by atoms with Gasteiger partial charge in [-0.2, -0.15) is 0 Å². The molecule has 15 nitrogen and oxygen atoms in total. The van der Waals surface area contributed by atoms with Gasteiger partial charge in [0.05, 0.1) is 13.2 Å². The molecule has 0 aliphatic rings. The monoisotopic (exact) mass is 1330 g/mol. The number of nitrogens with one attached hydrogen (secondary N) is 2. The molecule has 2 amide bonds. The molecule has 0 rings (SSSR count). The Kier molecular flexibility index (Phi) is 68.5. The first-order chi connectivity index (χ1) is 45.8. The van der Waals surface area contributed by atoms with Gasteiger partial charge in [-0.25, -0.2) is 0 Å². The Morgan fingerprint density at radius 2 is 0.660 bits per heavy atom. The zero-order valence-electron chi connectivity index (χ0n) is 62.6. The van der Waals surface area contributed by atoms with E-state index >= 15 is 0 Å². The highest BCUT2D eigenvalue weighted by molar-refractivity contribution is 5.85. The predicted octanol–water partition coefficient (Wildman–Crippen LogP) is 19.2. The molecule has 554 valence electrons. The van der Waals surface area contributed by atoms with Crippen LogP contribution < -0.4 is 10.6 Å². The van der Waals surface area contributed by atoms with E-state index in [0.29, 0.717) is 78.0 Å². The molecule has 0 aromatic rings. The highest BCUT2D eigenvalue weighted by atomic mass is 16.5. The number of ether oxygens (including phenoxy) is 3. The van der Waals surface area contributed by atoms with E-state index in [0.717, 1.165) is 174 Å². The minimum absolute atomic E-state index is 0.0322. The number of nitrogens with zero attached hydrogens (tertiary/aromatic N) is 3. The van der Waals surface area contributed by atoms with E-state index in [4.69, 9.17) is 19.3 Å². The van der Waals surface area contributed by atoms with Gasteiger partial charge in [0.1, 0.15) is 6.10 Å². The Bertz CT molecular complexity index is 1710. The number of unbranched alkanes of at least 4 members (excludes halogenated alkanes) is 38. The topological polar surface area (TPSA) is 184 Å². The molecule has 0 spiro atoms. The van der Waals surface area contributed by atoms with Crippen molar-refractivity contribution in [3.63, 3.8) is 0 Å². The second-order valence-electron chi connectivity index (χ2n) is 28.2. The summed E-state index contributed by atoms with van der Waals surface area (Å²) >= 11 is 0. The van der Waals surface area contributed by atoms with E-state index < -0.39 is 11.9 Å². The van der Waals surface area contributed by atoms with Crippen LogP contribution in [0.2, 0.25) is 0 Å². The second kappa shape index (κ2) is 71.0. The molecule has 0 aliphatic carbocycles. The van der Waals surface area contributed by atoms with Crippen molar-refractivity contribution in [1.82, 2.24) is 25.3 Å². The van der Waals surface area contributed by atoms with E-state index in [-0.39, 0.29) is 48.7 Å². The lowest BCUT2D eigenvalue weighted by molar-refractivity contribution is -0.150. The maximum atomic E-state index is 14.0. The van der Waals surface area contributed by atoms with E-state index in [9.17, 15) is 28.8 Å². The van der Waals surface area contributed by atoms with E-state index in [1.807, 2.05) is 14.1 Å². The lowest BCUT2D eigenvalue weighted by atomic mass is 9.99. The van der Waals surface area contributed by atoms with Gasteiger partial charge in [0, 0.05) is 64.2 Å². The van der Waals surface area contributed by atoms with Crippen LogP contribution in [0.25, 0.3) is 0 Å². The number of amides is 2. The first-order valence-electron chi connectivity index (χ1n) is 40.2. The van der Waals surface area contributed by atoms with Crippen molar-refractivity contribution in [1.29, 1.82) is 0 Å². The second-order valence-corrected chi connectivity index (χ2v) is 28.2. The van der Waals surface area contributed by atoms with Gasteiger partial charge in [0.25, 0.3) is 0 Å². The Hall–Kier alpha value is -3.30. The van der Waals surface area contributed by atoms with Gasteiger partial charge in [-0.3, -0.25) is 28.8 Å². The first-order valence-corrected chi connectivity index (χ1v) is 40.2. The molecule has 0 saturated heterocycles. The molecule has 94 heavy (non-hydrogen) atoms. The average Bonchev–Trinajstić information content (AvgIpc) is 3.44. The maximum absolute atomic E-state index is 14.0. The van der Waals surface area contributed by atoms with Gasteiger partial charge in [0.15, 0.2) is 0 Å². The molecule has 1 atom stereocenters. The average molecular weight is 1330 g/mol. The summed E-state index contributed by atoms with van der Waals surface area (Å²) in [6.07, 6.45) is 56.4. The SMILES string of the molecule is CCCCCCCCCCCOC(=O)CCCCCN(CCCCCCCC(=O)O)CCNC(=O)CC(CCN(C)C)C(=O)NCCN(CCCCCCCC(=O)OC(CCCCCCCC)CCCCCCCC)CCCCCC(=O)OCCCCCCCCCCC. The summed E-state index contributed by atoms with van der Waals surface area (Å²) in [4.78, 5) is 83.7. The molecule has 0 aromatic heterocycles. The van der Waals surface area contributed by atoms with Crippen molar-refractivity contribution in [3.8, 4) is 0 Å². The summed E-state index contributed by atoms with van der Waals surface area (Å²) in [6, 6.07) is 0. The summed E-state index contributed by atoms with van der Waals surface area (Å²) in [5, 5.41) is 15.4. The fourth-order valence-electron chi connectivity index (χ4n) is 12.5. The molecule has 0 fully saturated rings. The third kappa shape index (κ3) is 66.0. The fraction of sp³-hybridized carbons (Fsp3) is 0.924. The first kappa shape index (κ1) is 90.7. The third-order valence-corrected chi connectivity index (χ3v) is 18.7. The zero-order chi connectivity index (χ0) is 68.8. The van der Waals surface area contributed by atoms with Crippen molar-refractivity contribution in [2.75, 3.05) is 86.2 Å². The van der Waals surface area contributed by atoms with E-state index in [1.54, 1.807) is 0 Å². The number of rotatable bonds is 75. The van der Waals surface area contributed by atoms with Crippen LogP contribution in [0, 0.1) is 5.92 Å². The maximum Gasteiger partial charge on any atom is 0.306 e. The lowest BCUT2D eigenvalue weighted by Crippen LogP contribution is -2.41. The van der Waals surface area contributed by atoms with Crippen LogP contribution in [0.5, 0.6) is 0 Å². The normalized spacial score (nSPS) is 11.9. The number of esters is 3. The number of carbonyl (C=O) groups is 6. The molecule has 0 aromatic carbocycles. The van der Waals surface area contributed by atoms with Gasteiger partial charge in [-0.1, -0.05) is 246 Å². The number of aliphatic carboxylic acids is 1. The van der Waals surface area contributed by atoms with Crippen LogP contribution in [-0.4, -0.2) is 148 Å². The summed E-state index contributed by atoms with van der Waals surface area (Å²) < 4.78 is 17.3. The summed E-state index contributed by atoms with van der Waals surface area (Å²) in [5.41, 5.74) is 0. The molecule has 0 radical (unpaired) electrons. The Morgan fingerprint density at radius 3 is 1.04 bits per heavy atom. The fourth-order valence-corrected chi connectivity index (χ4v) is 12.5. The van der Waals surface area contributed by atoms with Gasteiger partial charge in [-0.05, 0) is 143 Å². The molecule has 0 saturated carbocycles. The van der Waals surface area contributed by atoms with Crippen molar-refractivity contribution in [2.45, 2.75) is 381 Å². The molecule has 0 bridgehead atoms. The number of carboxylic acids is 1. The van der Waals surface area contributed by atoms with Gasteiger partial charge >= 0.3 is 23.9 Å². The number of hydrogen-bond acceptors (Lipinski definition) is 12. The van der Waals surface area contributed by atoms with Crippen LogP contribution >= 0.6 is 0 Å². The molecule has 0 aliphatic heterocycles. The van der Waals surface area contributed by atoms with Crippen molar-refractivity contribution in [3.05, 3.63) is 0 Å². The van der Waals surface area contributed by atoms with Crippen molar-refractivity contribution < 1.29 is 48.1 Å². The van der Waals surface area contributed by atoms with Gasteiger partial charge in [-0.15, -0.1) is 0 Å².